The van der Waals surface area contributed by atoms with E-state index in [1.54, 1.807) is 12.1 Å². The molecule has 12 heavy (non-hydrogen) atoms. The van der Waals surface area contributed by atoms with E-state index < -0.39 is 5.54 Å². The Morgan fingerprint density at radius 2 is 1.92 bits per heavy atom. The van der Waals surface area contributed by atoms with Gasteiger partial charge in [-0.3, -0.25) is 4.79 Å². The average Bonchev–Trinajstić information content (AvgIpc) is 2.03. The van der Waals surface area contributed by atoms with Crippen LogP contribution in [-0.4, -0.2) is 6.29 Å². The zero-order chi connectivity index (χ0) is 9.19. The monoisotopic (exact) mass is 162 g/mol. The maximum absolute atomic E-state index is 10.5. The summed E-state index contributed by atoms with van der Waals surface area (Å²) in [7, 11) is 0. The summed E-state index contributed by atoms with van der Waals surface area (Å²) >= 11 is 0. The molecule has 2 heteroatoms. The van der Waals surface area contributed by atoms with E-state index in [1.165, 1.54) is 0 Å². The highest BCUT2D eigenvalue weighted by molar-refractivity contribution is 5.78. The quantitative estimate of drug-likeness (QED) is 0.713. The van der Waals surface area contributed by atoms with Gasteiger partial charge in [0.1, 0.15) is 0 Å². The molecule has 0 heterocycles. The third kappa shape index (κ3) is 1.71. The largest absolute Gasteiger partial charge is 0.322 e. The van der Waals surface area contributed by atoms with Crippen LogP contribution >= 0.6 is 0 Å². The maximum Gasteiger partial charge on any atom is 0.233 e. The van der Waals surface area contributed by atoms with Gasteiger partial charge in [0.25, 0.3) is 0 Å². The van der Waals surface area contributed by atoms with Gasteiger partial charge in [-0.15, -0.1) is 0 Å². The average molecular weight is 162 g/mol. The minimum absolute atomic E-state index is 0.478. The van der Waals surface area contributed by atoms with E-state index in [-0.39, 0.29) is 0 Å². The molecule has 0 atom stereocenters. The Labute approximate surface area is 72.4 Å². The molecule has 1 aromatic carbocycles. The summed E-state index contributed by atoms with van der Waals surface area (Å²) in [6, 6.07) is 7.23. The zero-order valence-electron chi connectivity index (χ0n) is 7.29. The number of nitrogens with two attached hydrogens (primary N) is 1. The lowest BCUT2D eigenvalue weighted by Crippen LogP contribution is -2.29. The van der Waals surface area contributed by atoms with Crippen LogP contribution in [0.25, 0.3) is 0 Å². The van der Waals surface area contributed by atoms with Gasteiger partial charge >= 0.3 is 0 Å². The van der Waals surface area contributed by atoms with Crippen LogP contribution < -0.4 is 5.73 Å². The van der Waals surface area contributed by atoms with Crippen molar-refractivity contribution in [1.29, 1.82) is 0 Å². The first-order valence-electron chi connectivity index (χ1n) is 3.82. The predicted octanol–water partition coefficient (Wildman–Crippen LogP) is 1.34. The fourth-order valence-corrected chi connectivity index (χ4v) is 1.13. The minimum atomic E-state index is -0.478. The van der Waals surface area contributed by atoms with Gasteiger partial charge in [0.15, 0.2) is 0 Å². The highest BCUT2D eigenvalue weighted by atomic mass is 16.1. The molecule has 0 fully saturated rings. The SMILES string of the molecule is CC(C)(N)c1ccccc1[C]=O. The molecule has 0 amide bonds. The predicted molar refractivity (Wildman–Crippen MR) is 48.5 cm³/mol. The number of carbonyl (C=O) groups excluding carboxylic acids is 1. The van der Waals surface area contributed by atoms with Crippen molar-refractivity contribution in [3.8, 4) is 0 Å². The molecule has 0 bridgehead atoms. The van der Waals surface area contributed by atoms with Crippen molar-refractivity contribution in [2.45, 2.75) is 19.4 Å². The third-order valence-electron chi connectivity index (χ3n) is 1.73. The van der Waals surface area contributed by atoms with Crippen molar-refractivity contribution < 1.29 is 4.79 Å². The van der Waals surface area contributed by atoms with Gasteiger partial charge in [-0.05, 0) is 19.4 Å². The second kappa shape index (κ2) is 3.07. The summed E-state index contributed by atoms with van der Waals surface area (Å²) in [6.07, 6.45) is 1.87. The zero-order valence-corrected chi connectivity index (χ0v) is 7.29. The molecular formula is C10H12NO. The smallest absolute Gasteiger partial charge is 0.233 e. The molecule has 0 aliphatic heterocycles. The first-order valence-corrected chi connectivity index (χ1v) is 3.82. The normalized spacial score (nSPS) is 11.2. The van der Waals surface area contributed by atoms with Gasteiger partial charge in [-0.2, -0.15) is 0 Å². The molecule has 2 N–H and O–H groups in total. The molecule has 0 unspecified atom stereocenters. The van der Waals surface area contributed by atoms with E-state index >= 15 is 0 Å². The van der Waals surface area contributed by atoms with E-state index in [1.807, 2.05) is 32.3 Å². The summed E-state index contributed by atoms with van der Waals surface area (Å²) in [5.41, 5.74) is 6.76. The molecule has 2 nitrogen and oxygen atoms in total. The summed E-state index contributed by atoms with van der Waals surface area (Å²) < 4.78 is 0. The molecule has 0 spiro atoms. The van der Waals surface area contributed by atoms with E-state index in [0.29, 0.717) is 5.56 Å². The second-order valence-corrected chi connectivity index (χ2v) is 3.37. The van der Waals surface area contributed by atoms with E-state index in [9.17, 15) is 4.79 Å². The highest BCUT2D eigenvalue weighted by Gasteiger charge is 2.17. The number of hydrogen-bond donors (Lipinski definition) is 1. The lowest BCUT2D eigenvalue weighted by molar-refractivity contribution is 0.542. The molecule has 1 radical (unpaired) electrons. The maximum atomic E-state index is 10.5. The van der Waals surface area contributed by atoms with Crippen LogP contribution in [0.5, 0.6) is 0 Å². The highest BCUT2D eigenvalue weighted by Crippen LogP contribution is 2.19. The number of hydrogen-bond acceptors (Lipinski definition) is 2. The minimum Gasteiger partial charge on any atom is -0.322 e. The Bertz CT molecular complexity index is 286. The summed E-state index contributed by atoms with van der Waals surface area (Å²) in [5, 5.41) is 0. The van der Waals surface area contributed by atoms with Crippen molar-refractivity contribution >= 4 is 6.29 Å². The van der Waals surface area contributed by atoms with Crippen LogP contribution in [0.3, 0.4) is 0 Å². The molecule has 1 aromatic rings. The Balaban J connectivity index is 3.23. The van der Waals surface area contributed by atoms with E-state index in [2.05, 4.69) is 0 Å². The second-order valence-electron chi connectivity index (χ2n) is 3.37. The van der Waals surface area contributed by atoms with Gasteiger partial charge in [-0.25, -0.2) is 0 Å². The summed E-state index contributed by atoms with van der Waals surface area (Å²) in [4.78, 5) is 10.5. The van der Waals surface area contributed by atoms with Crippen molar-refractivity contribution in [1.82, 2.24) is 0 Å². The molecule has 1 rings (SSSR count). The Hall–Kier alpha value is -1.15. The topological polar surface area (TPSA) is 43.1 Å². The van der Waals surface area contributed by atoms with Crippen molar-refractivity contribution in [3.63, 3.8) is 0 Å². The Morgan fingerprint density at radius 1 is 1.33 bits per heavy atom. The van der Waals surface area contributed by atoms with E-state index in [0.717, 1.165) is 5.56 Å². The molecule has 63 valence electrons. The Kier molecular flexibility index (Phi) is 2.29. The van der Waals surface area contributed by atoms with Gasteiger partial charge in [0.05, 0.1) is 0 Å². The van der Waals surface area contributed by atoms with Crippen molar-refractivity contribution in [3.05, 3.63) is 35.4 Å². The van der Waals surface area contributed by atoms with Gasteiger partial charge < -0.3 is 5.73 Å². The summed E-state index contributed by atoms with van der Waals surface area (Å²) in [6.45, 7) is 3.73. The Morgan fingerprint density at radius 3 is 2.33 bits per heavy atom. The van der Waals surface area contributed by atoms with Crippen molar-refractivity contribution in [2.75, 3.05) is 0 Å². The molecular weight excluding hydrogens is 150 g/mol. The van der Waals surface area contributed by atoms with E-state index in [4.69, 9.17) is 5.73 Å². The van der Waals surface area contributed by atoms with Crippen molar-refractivity contribution in [2.24, 2.45) is 5.73 Å². The van der Waals surface area contributed by atoms with Crippen LogP contribution in [0.15, 0.2) is 24.3 Å². The summed E-state index contributed by atoms with van der Waals surface area (Å²) in [5.74, 6) is 0. The van der Waals surface area contributed by atoms with Crippen LogP contribution in [0, 0.1) is 0 Å². The van der Waals surface area contributed by atoms with Gasteiger partial charge in [-0.1, -0.05) is 24.3 Å². The molecule has 0 aromatic heterocycles. The van der Waals surface area contributed by atoms with Crippen LogP contribution in [-0.2, 0) is 10.3 Å². The van der Waals surface area contributed by atoms with Crippen LogP contribution in [0.1, 0.15) is 25.0 Å². The van der Waals surface area contributed by atoms with Crippen LogP contribution in [0.2, 0.25) is 0 Å². The molecule has 0 aliphatic rings. The molecule has 0 saturated heterocycles. The first kappa shape index (κ1) is 8.94. The third-order valence-corrected chi connectivity index (χ3v) is 1.73. The van der Waals surface area contributed by atoms with Gasteiger partial charge in [0, 0.05) is 11.1 Å². The fourth-order valence-electron chi connectivity index (χ4n) is 1.13. The lowest BCUT2D eigenvalue weighted by Gasteiger charge is -2.20. The molecule has 0 saturated carbocycles. The lowest BCUT2D eigenvalue weighted by atomic mass is 9.92. The first-order chi connectivity index (χ1) is 5.55. The standard InChI is InChI=1S/C10H12NO/c1-10(2,11)9-6-4-3-5-8(9)7-12/h3-6H,11H2,1-2H3. The number of rotatable bonds is 2. The molecule has 0 aliphatic carbocycles. The fraction of sp³-hybridized carbons (Fsp3) is 0.300. The van der Waals surface area contributed by atoms with Crippen LogP contribution in [0.4, 0.5) is 0 Å². The van der Waals surface area contributed by atoms with Gasteiger partial charge in [0.2, 0.25) is 6.29 Å². The number of benzene rings is 1.